The second-order valence-electron chi connectivity index (χ2n) is 18.4. The van der Waals surface area contributed by atoms with Gasteiger partial charge in [-0.3, -0.25) is 4.99 Å². The molecule has 0 amide bonds. The molecule has 5 nitrogen and oxygen atoms in total. The van der Waals surface area contributed by atoms with E-state index in [9.17, 15) is 0 Å². The van der Waals surface area contributed by atoms with Crippen LogP contribution in [-0.4, -0.2) is 16.5 Å². The molecule has 3 aliphatic rings. The van der Waals surface area contributed by atoms with Crippen molar-refractivity contribution >= 4 is 23.1 Å². The van der Waals surface area contributed by atoms with Crippen molar-refractivity contribution in [3.8, 4) is 11.5 Å². The molecular formula is C49H53N3O2Pt. The molecule has 0 N–H and O–H groups in total. The number of benzene rings is 4. The Morgan fingerprint density at radius 3 is 2.16 bits per heavy atom. The number of aromatic nitrogens is 1. The molecule has 0 unspecified atom stereocenters. The largest absolute Gasteiger partial charge is 2.00 e. The third kappa shape index (κ3) is 5.66. The SMILES string of the molecule is Cc1cc(Oc2[c-]c(C3=N[C@]4(C)c5cc(C)cc(C)c5C(C)(C)[C@]4(C)O3)c(C)cc2C)[c-]c(N2c3ccc(C(C)(C)C)cc3C(C)(C)c3cccnc32)c1.[Pt+2]. The second-order valence-corrected chi connectivity index (χ2v) is 18.4. The predicted molar refractivity (Wildman–Crippen MR) is 220 cm³/mol. The molecule has 3 heterocycles. The summed E-state index contributed by atoms with van der Waals surface area (Å²) in [5.74, 6) is 2.76. The third-order valence-electron chi connectivity index (χ3n) is 12.9. The van der Waals surface area contributed by atoms with Crippen LogP contribution in [0.4, 0.5) is 17.2 Å². The van der Waals surface area contributed by atoms with Gasteiger partial charge in [-0.15, -0.1) is 29.8 Å². The van der Waals surface area contributed by atoms with Crippen molar-refractivity contribution in [3.05, 3.63) is 140 Å². The van der Waals surface area contributed by atoms with Crippen LogP contribution in [0.3, 0.4) is 0 Å². The Bertz CT molecular complexity index is 2440. The van der Waals surface area contributed by atoms with Crippen molar-refractivity contribution in [2.45, 2.75) is 124 Å². The van der Waals surface area contributed by atoms with Gasteiger partial charge in [0.15, 0.2) is 0 Å². The van der Waals surface area contributed by atoms with Crippen molar-refractivity contribution in [3.63, 3.8) is 0 Å². The third-order valence-corrected chi connectivity index (χ3v) is 12.9. The number of rotatable bonds is 4. The molecule has 5 aromatic rings. The zero-order valence-corrected chi connectivity index (χ0v) is 37.1. The number of nitrogens with zero attached hydrogens (tertiary/aromatic N) is 3. The van der Waals surface area contributed by atoms with E-state index in [1.807, 2.05) is 18.3 Å². The smallest absolute Gasteiger partial charge is 0.510 e. The topological polar surface area (TPSA) is 47.0 Å². The van der Waals surface area contributed by atoms with Crippen molar-refractivity contribution in [1.82, 2.24) is 4.98 Å². The summed E-state index contributed by atoms with van der Waals surface area (Å²) < 4.78 is 13.8. The number of pyridine rings is 1. The average Bonchev–Trinajstić information content (AvgIpc) is 3.42. The van der Waals surface area contributed by atoms with E-state index in [-0.39, 0.29) is 37.3 Å². The van der Waals surface area contributed by atoms with Gasteiger partial charge in [-0.05, 0) is 73.1 Å². The summed E-state index contributed by atoms with van der Waals surface area (Å²) in [4.78, 5) is 12.6. The molecule has 0 saturated heterocycles. The number of hydrogen-bond donors (Lipinski definition) is 0. The summed E-state index contributed by atoms with van der Waals surface area (Å²) in [6, 6.07) is 29.3. The van der Waals surface area contributed by atoms with E-state index in [2.05, 4.69) is 162 Å². The zero-order valence-electron chi connectivity index (χ0n) is 34.8. The minimum atomic E-state index is -0.584. The Morgan fingerprint density at radius 2 is 1.45 bits per heavy atom. The Morgan fingerprint density at radius 1 is 0.745 bits per heavy atom. The summed E-state index contributed by atoms with van der Waals surface area (Å²) in [5.41, 5.74) is 13.1. The maximum atomic E-state index is 7.05. The zero-order chi connectivity index (χ0) is 38.9. The average molecular weight is 911 g/mol. The molecule has 6 heteroatoms. The van der Waals surface area contributed by atoms with Crippen LogP contribution >= 0.6 is 0 Å². The molecule has 0 radical (unpaired) electrons. The standard InChI is InChI=1S/C49H53N3O2.Pt/c1-28-20-32(5)42-39(23-28)48(13)49(14,47(42,11)12)54-44(51-48)36-27-41(31(4)24-30(36)3)53-35-22-29(2)21-34(26-35)52-40-18-17-33(45(6,7)8)25-38(40)46(9,10)37-16-15-19-50-43(37)52;/h15-25H,1-14H3;/q-2;+2/t48-,49+;/m1./s1. The van der Waals surface area contributed by atoms with Gasteiger partial charge in [0, 0.05) is 39.8 Å². The first-order valence-electron chi connectivity index (χ1n) is 19.2. The normalized spacial score (nSPS) is 21.4. The minimum Gasteiger partial charge on any atom is -0.510 e. The minimum absolute atomic E-state index is 0. The summed E-state index contributed by atoms with van der Waals surface area (Å²) in [6.07, 6.45) is 1.88. The van der Waals surface area contributed by atoms with Gasteiger partial charge in [-0.2, -0.15) is 5.56 Å². The molecule has 0 spiro atoms. The quantitative estimate of drug-likeness (QED) is 0.169. The van der Waals surface area contributed by atoms with Gasteiger partial charge >= 0.3 is 21.1 Å². The number of hydrogen-bond acceptors (Lipinski definition) is 5. The molecule has 1 aromatic heterocycles. The van der Waals surface area contributed by atoms with E-state index in [0.29, 0.717) is 17.4 Å². The maximum absolute atomic E-state index is 7.05. The number of fused-ring (bicyclic) bond motifs is 5. The Hall–Kier alpha value is -4.21. The van der Waals surface area contributed by atoms with Crippen LogP contribution in [0.15, 0.2) is 71.9 Å². The van der Waals surface area contributed by atoms with Crippen LogP contribution < -0.4 is 9.64 Å². The molecule has 55 heavy (non-hydrogen) atoms. The molecule has 4 aromatic carbocycles. The number of aryl methyl sites for hydroxylation is 5. The molecule has 0 bridgehead atoms. The molecule has 8 rings (SSSR count). The summed E-state index contributed by atoms with van der Waals surface area (Å²) in [6.45, 7) is 31.1. The fraction of sp³-hybridized carbons (Fsp3) is 0.388. The predicted octanol–water partition coefficient (Wildman–Crippen LogP) is 12.2. The van der Waals surface area contributed by atoms with Crippen LogP contribution in [0.25, 0.3) is 0 Å². The first-order chi connectivity index (χ1) is 25.2. The molecule has 0 saturated carbocycles. The Labute approximate surface area is 342 Å². The van der Waals surface area contributed by atoms with Gasteiger partial charge in [0.1, 0.15) is 22.9 Å². The summed E-state index contributed by atoms with van der Waals surface area (Å²) in [5, 5.41) is 0. The second kappa shape index (κ2) is 12.7. The van der Waals surface area contributed by atoms with Crippen LogP contribution in [0.5, 0.6) is 11.5 Å². The van der Waals surface area contributed by atoms with Crippen LogP contribution in [0.1, 0.15) is 124 Å². The van der Waals surface area contributed by atoms with Crippen molar-refractivity contribution in [2.75, 3.05) is 4.90 Å². The Kier molecular flexibility index (Phi) is 8.98. The van der Waals surface area contributed by atoms with Crippen LogP contribution in [0.2, 0.25) is 0 Å². The van der Waals surface area contributed by atoms with Gasteiger partial charge in [-0.25, -0.2) is 4.98 Å². The number of aliphatic imine (C=N–C) groups is 1. The molecule has 2 aliphatic heterocycles. The first kappa shape index (κ1) is 39.0. The van der Waals surface area contributed by atoms with Gasteiger partial charge in [0.05, 0.1) is 0 Å². The molecule has 0 fully saturated rings. The van der Waals surface area contributed by atoms with E-state index in [4.69, 9.17) is 19.5 Å². The molecule has 2 atom stereocenters. The fourth-order valence-electron chi connectivity index (χ4n) is 9.52. The fourth-order valence-corrected chi connectivity index (χ4v) is 9.52. The molecule has 286 valence electrons. The molecule has 1 aliphatic carbocycles. The van der Waals surface area contributed by atoms with Crippen molar-refractivity contribution in [2.24, 2.45) is 4.99 Å². The van der Waals surface area contributed by atoms with Gasteiger partial charge < -0.3 is 14.4 Å². The summed E-state index contributed by atoms with van der Waals surface area (Å²) >= 11 is 0. The summed E-state index contributed by atoms with van der Waals surface area (Å²) in [7, 11) is 0. The van der Waals surface area contributed by atoms with Gasteiger partial charge in [0.2, 0.25) is 0 Å². The van der Waals surface area contributed by atoms with Crippen molar-refractivity contribution < 1.29 is 30.5 Å². The van der Waals surface area contributed by atoms with Gasteiger partial charge in [0.25, 0.3) is 0 Å². The van der Waals surface area contributed by atoms with Crippen LogP contribution in [-0.2, 0) is 47.6 Å². The number of anilines is 3. The maximum Gasteiger partial charge on any atom is 2.00 e. The number of ether oxygens (including phenoxy) is 2. The van der Waals surface area contributed by atoms with Crippen LogP contribution in [0, 0.1) is 46.8 Å². The van der Waals surface area contributed by atoms with E-state index in [1.165, 1.54) is 38.9 Å². The van der Waals surface area contributed by atoms with E-state index in [1.54, 1.807) is 0 Å². The van der Waals surface area contributed by atoms with E-state index < -0.39 is 11.1 Å². The first-order valence-corrected chi connectivity index (χ1v) is 19.2. The van der Waals surface area contributed by atoms with E-state index in [0.717, 1.165) is 39.4 Å². The van der Waals surface area contributed by atoms with E-state index >= 15 is 0 Å². The molecular weight excluding hydrogens is 858 g/mol. The van der Waals surface area contributed by atoms with Crippen molar-refractivity contribution in [1.29, 1.82) is 0 Å². The Balaban J connectivity index is 0.00000465. The monoisotopic (exact) mass is 910 g/mol. The van der Waals surface area contributed by atoms with Gasteiger partial charge in [-0.1, -0.05) is 128 Å².